The van der Waals surface area contributed by atoms with Gasteiger partial charge in [-0.3, -0.25) is 4.79 Å². The van der Waals surface area contributed by atoms with E-state index in [4.69, 9.17) is 42.1 Å². The molecule has 3 aromatic carbocycles. The molecule has 1 saturated carbocycles. The zero-order valence-corrected chi connectivity index (χ0v) is 25.6. The number of rotatable bonds is 12. The Labute approximate surface area is 257 Å². The number of nitrogens with one attached hydrogen (secondary N) is 1. The van der Waals surface area contributed by atoms with Gasteiger partial charge in [0.05, 0.1) is 30.9 Å². The molecule has 9 heteroatoms. The molecule has 1 heterocycles. The van der Waals surface area contributed by atoms with Crippen LogP contribution in [0.5, 0.6) is 17.2 Å². The molecule has 1 atom stereocenters. The predicted octanol–water partition coefficient (Wildman–Crippen LogP) is 6.40. The molecule has 1 aliphatic carbocycles. The summed E-state index contributed by atoms with van der Waals surface area (Å²) in [5.41, 5.74) is 4.43. The SMILES string of the molecule is COCC1CNCC(C(=O)N(Cc2cccc(Cl)c2Cl)C2CC2)=C1c1cccc(OCc2cc(OC)cc(OC)c2)c1. The minimum absolute atomic E-state index is 0.00333. The van der Waals surface area contributed by atoms with Crippen molar-refractivity contribution in [1.29, 1.82) is 0 Å². The third-order valence-corrected chi connectivity index (χ3v) is 8.49. The summed E-state index contributed by atoms with van der Waals surface area (Å²) in [5, 5.41) is 4.42. The lowest BCUT2D eigenvalue weighted by Crippen LogP contribution is -2.42. The van der Waals surface area contributed by atoms with Crippen LogP contribution in [0.2, 0.25) is 10.0 Å². The highest BCUT2D eigenvalue weighted by Gasteiger charge is 2.37. The maximum Gasteiger partial charge on any atom is 0.251 e. The van der Waals surface area contributed by atoms with Crippen LogP contribution in [-0.2, 0) is 22.7 Å². The lowest BCUT2D eigenvalue weighted by molar-refractivity contribution is -0.128. The van der Waals surface area contributed by atoms with Crippen LogP contribution in [0, 0.1) is 5.92 Å². The van der Waals surface area contributed by atoms with E-state index in [1.54, 1.807) is 27.4 Å². The number of ether oxygens (including phenoxy) is 4. The van der Waals surface area contributed by atoms with Crippen LogP contribution in [-0.4, -0.2) is 57.9 Å². The molecule has 1 fully saturated rings. The number of nitrogens with zero attached hydrogens (tertiary/aromatic N) is 1. The molecular weight excluding hydrogens is 575 g/mol. The van der Waals surface area contributed by atoms with Gasteiger partial charge in [0.25, 0.3) is 5.91 Å². The summed E-state index contributed by atoms with van der Waals surface area (Å²) in [6.07, 6.45) is 1.94. The van der Waals surface area contributed by atoms with Crippen molar-refractivity contribution >= 4 is 34.7 Å². The van der Waals surface area contributed by atoms with Gasteiger partial charge < -0.3 is 29.2 Å². The van der Waals surface area contributed by atoms with E-state index >= 15 is 0 Å². The Kier molecular flexibility index (Phi) is 9.95. The number of amides is 1. The zero-order chi connectivity index (χ0) is 29.6. The van der Waals surface area contributed by atoms with Crippen molar-refractivity contribution in [1.82, 2.24) is 10.2 Å². The molecule has 42 heavy (non-hydrogen) atoms. The highest BCUT2D eigenvalue weighted by molar-refractivity contribution is 6.42. The third kappa shape index (κ3) is 7.04. The van der Waals surface area contributed by atoms with Gasteiger partial charge in [-0.15, -0.1) is 0 Å². The molecule has 1 amide bonds. The Morgan fingerprint density at radius 1 is 0.952 bits per heavy atom. The molecule has 7 nitrogen and oxygen atoms in total. The number of hydrogen-bond donors (Lipinski definition) is 1. The average Bonchev–Trinajstić information content (AvgIpc) is 3.86. The van der Waals surface area contributed by atoms with Crippen molar-refractivity contribution in [3.05, 3.63) is 93.0 Å². The van der Waals surface area contributed by atoms with Gasteiger partial charge in [-0.05, 0) is 65.4 Å². The Morgan fingerprint density at radius 3 is 2.38 bits per heavy atom. The van der Waals surface area contributed by atoms with Crippen molar-refractivity contribution in [3.63, 3.8) is 0 Å². The lowest BCUT2D eigenvalue weighted by Gasteiger charge is -2.32. The van der Waals surface area contributed by atoms with E-state index in [1.807, 2.05) is 59.5 Å². The number of benzene rings is 3. The Hall–Kier alpha value is -3.23. The molecule has 0 bridgehead atoms. The minimum Gasteiger partial charge on any atom is -0.497 e. The molecule has 0 radical (unpaired) electrons. The van der Waals surface area contributed by atoms with Crippen LogP contribution in [0.4, 0.5) is 0 Å². The van der Waals surface area contributed by atoms with Crippen molar-refractivity contribution < 1.29 is 23.7 Å². The number of carbonyl (C=O) groups is 1. The Morgan fingerprint density at radius 2 is 1.69 bits per heavy atom. The number of halogens is 2. The summed E-state index contributed by atoms with van der Waals surface area (Å²) in [6.45, 7) is 2.40. The minimum atomic E-state index is -0.00333. The summed E-state index contributed by atoms with van der Waals surface area (Å²) in [5.74, 6) is 2.11. The molecule has 0 aromatic heterocycles. The van der Waals surface area contributed by atoms with Crippen molar-refractivity contribution in [2.45, 2.75) is 32.0 Å². The van der Waals surface area contributed by atoms with Gasteiger partial charge >= 0.3 is 0 Å². The fraction of sp³-hybridized carbons (Fsp3) is 0.364. The van der Waals surface area contributed by atoms with Gasteiger partial charge in [0.2, 0.25) is 0 Å². The molecule has 2 aliphatic rings. The van der Waals surface area contributed by atoms with Crippen LogP contribution in [0.3, 0.4) is 0 Å². The van der Waals surface area contributed by atoms with Gasteiger partial charge in [0.1, 0.15) is 23.9 Å². The Balaban J connectivity index is 1.46. The van der Waals surface area contributed by atoms with E-state index in [-0.39, 0.29) is 17.9 Å². The van der Waals surface area contributed by atoms with E-state index in [1.165, 1.54) is 0 Å². The van der Waals surface area contributed by atoms with E-state index in [2.05, 4.69) is 5.32 Å². The fourth-order valence-electron chi connectivity index (χ4n) is 5.41. The summed E-state index contributed by atoms with van der Waals surface area (Å²) in [4.78, 5) is 16.2. The Bertz CT molecular complexity index is 1430. The maximum absolute atomic E-state index is 14.3. The summed E-state index contributed by atoms with van der Waals surface area (Å²) < 4.78 is 22.6. The standard InChI is InChI=1S/C33H36Cl2N2O5/c1-39-20-24-16-36-17-29(33(38)37(25-10-11-25)18-23-7-5-9-30(34)32(23)35)31(24)22-6-4-8-26(14-22)42-19-21-12-27(40-2)15-28(13-21)41-3/h4-9,12-15,24-25,36H,10-11,16-20H2,1-3H3. The zero-order valence-electron chi connectivity index (χ0n) is 24.1. The molecule has 1 unspecified atom stereocenters. The second-order valence-electron chi connectivity index (χ2n) is 10.6. The first kappa shape index (κ1) is 30.2. The molecule has 5 rings (SSSR count). The summed E-state index contributed by atoms with van der Waals surface area (Å²) in [6, 6.07) is 19.3. The van der Waals surface area contributed by atoms with Crippen molar-refractivity contribution in [2.75, 3.05) is 41.0 Å². The molecule has 0 saturated heterocycles. The summed E-state index contributed by atoms with van der Waals surface area (Å²) in [7, 11) is 4.94. The van der Waals surface area contributed by atoms with Crippen LogP contribution in [0.1, 0.15) is 29.5 Å². The van der Waals surface area contributed by atoms with Gasteiger partial charge in [-0.2, -0.15) is 0 Å². The van der Waals surface area contributed by atoms with E-state index in [0.29, 0.717) is 60.1 Å². The monoisotopic (exact) mass is 610 g/mol. The van der Waals surface area contributed by atoms with Gasteiger partial charge in [-0.25, -0.2) is 0 Å². The predicted molar refractivity (Wildman–Crippen MR) is 166 cm³/mol. The van der Waals surface area contributed by atoms with E-state index < -0.39 is 0 Å². The second-order valence-corrected chi connectivity index (χ2v) is 11.4. The maximum atomic E-state index is 14.3. The lowest BCUT2D eigenvalue weighted by atomic mass is 9.85. The molecule has 1 aliphatic heterocycles. The number of methoxy groups -OCH3 is 3. The average molecular weight is 612 g/mol. The quantitative estimate of drug-likeness (QED) is 0.256. The smallest absolute Gasteiger partial charge is 0.251 e. The molecule has 0 spiro atoms. The van der Waals surface area contributed by atoms with E-state index in [0.717, 1.165) is 40.7 Å². The second kappa shape index (κ2) is 13.8. The van der Waals surface area contributed by atoms with Crippen molar-refractivity contribution in [3.8, 4) is 17.2 Å². The van der Waals surface area contributed by atoms with E-state index in [9.17, 15) is 4.79 Å². The highest BCUT2D eigenvalue weighted by Crippen LogP contribution is 2.37. The third-order valence-electron chi connectivity index (χ3n) is 7.63. The number of hydrogen-bond acceptors (Lipinski definition) is 6. The van der Waals surface area contributed by atoms with Gasteiger partial charge in [0.15, 0.2) is 0 Å². The largest absolute Gasteiger partial charge is 0.497 e. The highest BCUT2D eigenvalue weighted by atomic mass is 35.5. The van der Waals surface area contributed by atoms with Crippen LogP contribution in [0.15, 0.2) is 66.2 Å². The number of carbonyl (C=O) groups excluding carboxylic acids is 1. The van der Waals surface area contributed by atoms with Crippen LogP contribution < -0.4 is 19.5 Å². The normalized spacial score (nSPS) is 16.7. The van der Waals surface area contributed by atoms with Crippen molar-refractivity contribution in [2.24, 2.45) is 5.92 Å². The topological polar surface area (TPSA) is 69.3 Å². The van der Waals surface area contributed by atoms with Gasteiger partial charge in [-0.1, -0.05) is 47.5 Å². The fourth-order valence-corrected chi connectivity index (χ4v) is 5.79. The molecule has 1 N–H and O–H groups in total. The van der Waals surface area contributed by atoms with Crippen LogP contribution >= 0.6 is 23.2 Å². The first-order valence-electron chi connectivity index (χ1n) is 14.0. The molecular formula is C33H36Cl2N2O5. The van der Waals surface area contributed by atoms with Gasteiger partial charge in [0, 0.05) is 50.3 Å². The first-order valence-corrected chi connectivity index (χ1v) is 14.8. The van der Waals surface area contributed by atoms with Crippen LogP contribution in [0.25, 0.3) is 5.57 Å². The first-order chi connectivity index (χ1) is 20.4. The molecule has 3 aromatic rings. The summed E-state index contributed by atoms with van der Waals surface area (Å²) >= 11 is 12.8. The molecule has 222 valence electrons.